The van der Waals surface area contributed by atoms with Gasteiger partial charge in [-0.3, -0.25) is 9.59 Å². The summed E-state index contributed by atoms with van der Waals surface area (Å²) in [7, 11) is 4.65. The third kappa shape index (κ3) is 4.91. The van der Waals surface area contributed by atoms with Crippen molar-refractivity contribution in [1.29, 1.82) is 0 Å². The van der Waals surface area contributed by atoms with Crippen molar-refractivity contribution in [3.8, 4) is 11.5 Å². The van der Waals surface area contributed by atoms with Crippen molar-refractivity contribution in [2.45, 2.75) is 13.8 Å². The van der Waals surface area contributed by atoms with E-state index in [0.29, 0.717) is 17.1 Å². The number of nitrogens with zero attached hydrogens (tertiary/aromatic N) is 1. The lowest BCUT2D eigenvalue weighted by molar-refractivity contribution is -0.116. The van der Waals surface area contributed by atoms with Crippen LogP contribution in [0.5, 0.6) is 11.5 Å². The summed E-state index contributed by atoms with van der Waals surface area (Å²) in [5.41, 5.74) is 3.31. The summed E-state index contributed by atoms with van der Waals surface area (Å²) in [4.78, 5) is 26.5. The maximum Gasteiger partial charge on any atom is 0.255 e. The van der Waals surface area contributed by atoms with E-state index in [1.807, 2.05) is 32.0 Å². The molecular weight excluding hydrogens is 459 g/mol. The fourth-order valence-electron chi connectivity index (χ4n) is 2.59. The minimum absolute atomic E-state index is 0.0589. The number of hydrogen-bond donors (Lipinski definition) is 1. The molecule has 27 heavy (non-hydrogen) atoms. The number of likely N-dealkylation sites (N-methyl/N-ethyl adjacent to an activating group) is 1. The standard InChI is InChI=1S/C20H23IN2O4/c1-12-7-6-8-16(13(12)2)22-19(24)11-23(3)20(25)14-9-17(26-4)18(27-5)10-15(14)21/h6-10H,11H2,1-5H3,(H,22,24). The van der Waals surface area contributed by atoms with Gasteiger partial charge in [-0.15, -0.1) is 0 Å². The molecule has 0 fully saturated rings. The number of aryl methyl sites for hydroxylation is 1. The predicted octanol–water partition coefficient (Wildman–Crippen LogP) is 3.64. The van der Waals surface area contributed by atoms with Crippen LogP contribution in [0.3, 0.4) is 0 Å². The lowest BCUT2D eigenvalue weighted by Crippen LogP contribution is -2.35. The van der Waals surface area contributed by atoms with Crippen LogP contribution in [0.4, 0.5) is 5.69 Å². The van der Waals surface area contributed by atoms with Gasteiger partial charge in [0, 0.05) is 16.3 Å². The van der Waals surface area contributed by atoms with Crippen LogP contribution in [-0.4, -0.2) is 44.5 Å². The van der Waals surface area contributed by atoms with Gasteiger partial charge in [-0.2, -0.15) is 0 Å². The van der Waals surface area contributed by atoms with Gasteiger partial charge in [0.2, 0.25) is 5.91 Å². The normalized spacial score (nSPS) is 10.3. The molecular formula is C20H23IN2O4. The fourth-order valence-corrected chi connectivity index (χ4v) is 3.26. The lowest BCUT2D eigenvalue weighted by Gasteiger charge is -2.19. The van der Waals surface area contributed by atoms with Gasteiger partial charge in [0.05, 0.1) is 26.3 Å². The van der Waals surface area contributed by atoms with Crippen molar-refractivity contribution in [1.82, 2.24) is 4.90 Å². The van der Waals surface area contributed by atoms with E-state index in [2.05, 4.69) is 27.9 Å². The van der Waals surface area contributed by atoms with E-state index >= 15 is 0 Å². The first-order chi connectivity index (χ1) is 12.8. The van der Waals surface area contributed by atoms with Gasteiger partial charge >= 0.3 is 0 Å². The summed E-state index contributed by atoms with van der Waals surface area (Å²) in [6.07, 6.45) is 0. The Kier molecular flexibility index (Phi) is 7.06. The molecule has 2 aromatic rings. The highest BCUT2D eigenvalue weighted by molar-refractivity contribution is 14.1. The highest BCUT2D eigenvalue weighted by Crippen LogP contribution is 2.31. The number of halogens is 1. The minimum Gasteiger partial charge on any atom is -0.493 e. The van der Waals surface area contributed by atoms with Crippen LogP contribution in [0.1, 0.15) is 21.5 Å². The first-order valence-electron chi connectivity index (χ1n) is 8.31. The van der Waals surface area contributed by atoms with E-state index in [4.69, 9.17) is 9.47 Å². The number of carbonyl (C=O) groups is 2. The smallest absolute Gasteiger partial charge is 0.255 e. The molecule has 0 aliphatic heterocycles. The van der Waals surface area contributed by atoms with Crippen LogP contribution < -0.4 is 14.8 Å². The molecule has 2 rings (SSSR count). The third-order valence-electron chi connectivity index (χ3n) is 4.31. The topological polar surface area (TPSA) is 67.9 Å². The summed E-state index contributed by atoms with van der Waals surface area (Å²) in [5.74, 6) is 0.495. The zero-order valence-electron chi connectivity index (χ0n) is 16.1. The van der Waals surface area contributed by atoms with Crippen molar-refractivity contribution < 1.29 is 19.1 Å². The summed E-state index contributed by atoms with van der Waals surface area (Å²) in [6.45, 7) is 3.88. The molecule has 0 radical (unpaired) electrons. The van der Waals surface area contributed by atoms with Crippen LogP contribution in [0.25, 0.3) is 0 Å². The molecule has 2 aromatic carbocycles. The number of hydrogen-bond acceptors (Lipinski definition) is 4. The van der Waals surface area contributed by atoms with Gasteiger partial charge in [-0.1, -0.05) is 12.1 Å². The molecule has 0 unspecified atom stereocenters. The van der Waals surface area contributed by atoms with E-state index in [0.717, 1.165) is 20.4 Å². The van der Waals surface area contributed by atoms with Crippen molar-refractivity contribution in [3.63, 3.8) is 0 Å². The molecule has 1 N–H and O–H groups in total. The zero-order chi connectivity index (χ0) is 20.1. The third-order valence-corrected chi connectivity index (χ3v) is 5.20. The Bertz CT molecular complexity index is 867. The second-order valence-electron chi connectivity index (χ2n) is 6.14. The molecule has 144 valence electrons. The summed E-state index contributed by atoms with van der Waals surface area (Å²) >= 11 is 2.07. The van der Waals surface area contributed by atoms with Gasteiger partial charge in [0.1, 0.15) is 0 Å². The van der Waals surface area contributed by atoms with Gasteiger partial charge in [-0.25, -0.2) is 0 Å². The molecule has 7 heteroatoms. The number of rotatable bonds is 6. The molecule has 0 saturated heterocycles. The van der Waals surface area contributed by atoms with Crippen molar-refractivity contribution in [3.05, 3.63) is 50.6 Å². The number of ether oxygens (including phenoxy) is 2. The first-order valence-corrected chi connectivity index (χ1v) is 9.39. The molecule has 6 nitrogen and oxygen atoms in total. The van der Waals surface area contributed by atoms with E-state index in [-0.39, 0.29) is 18.4 Å². The maximum absolute atomic E-state index is 12.8. The number of methoxy groups -OCH3 is 2. The van der Waals surface area contributed by atoms with E-state index in [1.165, 1.54) is 12.0 Å². The van der Waals surface area contributed by atoms with Crippen LogP contribution in [-0.2, 0) is 4.79 Å². The zero-order valence-corrected chi connectivity index (χ0v) is 18.2. The first kappa shape index (κ1) is 21.0. The average Bonchev–Trinajstić information content (AvgIpc) is 2.64. The Balaban J connectivity index is 2.13. The Morgan fingerprint density at radius 1 is 1.11 bits per heavy atom. The maximum atomic E-state index is 12.8. The predicted molar refractivity (Wildman–Crippen MR) is 114 cm³/mol. The van der Waals surface area contributed by atoms with E-state index in [9.17, 15) is 9.59 Å². The van der Waals surface area contributed by atoms with Gasteiger partial charge in [0.25, 0.3) is 5.91 Å². The largest absolute Gasteiger partial charge is 0.493 e. The molecule has 0 aromatic heterocycles. The van der Waals surface area contributed by atoms with Crippen molar-refractivity contribution in [2.24, 2.45) is 0 Å². The quantitative estimate of drug-likeness (QED) is 0.639. The second kappa shape index (κ2) is 9.07. The van der Waals surface area contributed by atoms with Crippen molar-refractivity contribution >= 4 is 40.1 Å². The van der Waals surface area contributed by atoms with Crippen LogP contribution in [0.15, 0.2) is 30.3 Å². The average molecular weight is 482 g/mol. The van der Waals surface area contributed by atoms with Crippen LogP contribution >= 0.6 is 22.6 Å². The molecule has 0 bridgehead atoms. The number of carbonyl (C=O) groups excluding carboxylic acids is 2. The van der Waals surface area contributed by atoms with Gasteiger partial charge < -0.3 is 19.7 Å². The lowest BCUT2D eigenvalue weighted by atomic mass is 10.1. The summed E-state index contributed by atoms with van der Waals surface area (Å²) in [6, 6.07) is 9.08. The van der Waals surface area contributed by atoms with Crippen LogP contribution in [0.2, 0.25) is 0 Å². The highest BCUT2D eigenvalue weighted by atomic mass is 127. The Morgan fingerprint density at radius 3 is 2.37 bits per heavy atom. The molecule has 0 saturated carbocycles. The molecule has 0 heterocycles. The van der Waals surface area contributed by atoms with E-state index < -0.39 is 0 Å². The number of anilines is 1. The summed E-state index contributed by atoms with van der Waals surface area (Å²) < 4.78 is 11.2. The molecule has 2 amide bonds. The number of nitrogens with one attached hydrogen (secondary N) is 1. The Morgan fingerprint density at radius 2 is 1.74 bits per heavy atom. The summed E-state index contributed by atoms with van der Waals surface area (Å²) in [5, 5.41) is 2.86. The number of amides is 2. The SMILES string of the molecule is COc1cc(I)c(C(=O)N(C)CC(=O)Nc2cccc(C)c2C)cc1OC. The Hall–Kier alpha value is -2.29. The second-order valence-corrected chi connectivity index (χ2v) is 7.31. The molecule has 0 aliphatic carbocycles. The Labute approximate surface area is 173 Å². The monoisotopic (exact) mass is 482 g/mol. The van der Waals surface area contributed by atoms with Crippen LogP contribution in [0, 0.1) is 17.4 Å². The minimum atomic E-state index is -0.267. The number of benzene rings is 2. The van der Waals surface area contributed by atoms with Gasteiger partial charge in [0.15, 0.2) is 11.5 Å². The molecule has 0 aliphatic rings. The van der Waals surface area contributed by atoms with Gasteiger partial charge in [-0.05, 0) is 65.8 Å². The fraction of sp³-hybridized carbons (Fsp3) is 0.300. The van der Waals surface area contributed by atoms with E-state index in [1.54, 1.807) is 26.3 Å². The highest BCUT2D eigenvalue weighted by Gasteiger charge is 2.20. The van der Waals surface area contributed by atoms with Crippen molar-refractivity contribution in [2.75, 3.05) is 33.1 Å². The molecule has 0 atom stereocenters. The molecule has 0 spiro atoms.